The van der Waals surface area contributed by atoms with Crippen molar-refractivity contribution < 1.29 is 14.0 Å². The van der Waals surface area contributed by atoms with Crippen LogP contribution in [0, 0.1) is 19.7 Å². The van der Waals surface area contributed by atoms with E-state index >= 15 is 0 Å². The van der Waals surface area contributed by atoms with Gasteiger partial charge in [0, 0.05) is 41.8 Å². The smallest absolute Gasteiger partial charge is 0.254 e. The maximum absolute atomic E-state index is 13.6. The highest BCUT2D eigenvalue weighted by Crippen LogP contribution is 2.23. The van der Waals surface area contributed by atoms with Crippen molar-refractivity contribution in [3.63, 3.8) is 0 Å². The van der Waals surface area contributed by atoms with Crippen LogP contribution in [0.5, 0.6) is 0 Å². The molecule has 0 spiro atoms. The molecule has 3 aromatic rings. The van der Waals surface area contributed by atoms with Crippen molar-refractivity contribution in [1.82, 2.24) is 15.2 Å². The number of aromatic nitrogens is 1. The SMILES string of the molecule is Cc1cc(C(=O)N2CCC(NC(=O)c3ccccc3C)CC2)c2ccc(F)cc2n1. The quantitative estimate of drug-likeness (QED) is 0.716. The minimum atomic E-state index is -0.371. The number of fused-ring (bicyclic) bond motifs is 1. The third kappa shape index (κ3) is 4.03. The third-order valence-corrected chi connectivity index (χ3v) is 5.64. The fraction of sp³-hybridized carbons (Fsp3) is 0.292. The van der Waals surface area contributed by atoms with E-state index in [1.165, 1.54) is 12.1 Å². The molecule has 30 heavy (non-hydrogen) atoms. The Bertz CT molecular complexity index is 1120. The van der Waals surface area contributed by atoms with Crippen LogP contribution in [-0.2, 0) is 0 Å². The first-order valence-corrected chi connectivity index (χ1v) is 10.1. The fourth-order valence-electron chi connectivity index (χ4n) is 4.00. The first kappa shape index (κ1) is 20.0. The van der Waals surface area contributed by atoms with Crippen LogP contribution in [0.3, 0.4) is 0 Å². The monoisotopic (exact) mass is 405 g/mol. The van der Waals surface area contributed by atoms with Crippen LogP contribution in [0.4, 0.5) is 4.39 Å². The van der Waals surface area contributed by atoms with Gasteiger partial charge in [-0.3, -0.25) is 14.6 Å². The topological polar surface area (TPSA) is 62.3 Å². The third-order valence-electron chi connectivity index (χ3n) is 5.64. The molecule has 5 nitrogen and oxygen atoms in total. The molecule has 0 atom stereocenters. The van der Waals surface area contributed by atoms with Crippen molar-refractivity contribution in [3.05, 3.63) is 76.7 Å². The molecule has 0 unspecified atom stereocenters. The van der Waals surface area contributed by atoms with Crippen molar-refractivity contribution in [2.75, 3.05) is 13.1 Å². The van der Waals surface area contributed by atoms with E-state index in [1.54, 1.807) is 24.0 Å². The maximum atomic E-state index is 13.6. The number of halogens is 1. The van der Waals surface area contributed by atoms with Crippen LogP contribution in [0.25, 0.3) is 10.9 Å². The molecule has 2 aromatic carbocycles. The number of benzene rings is 2. The Morgan fingerprint density at radius 3 is 2.50 bits per heavy atom. The number of piperidine rings is 1. The van der Waals surface area contributed by atoms with Crippen LogP contribution in [0.15, 0.2) is 48.5 Å². The van der Waals surface area contributed by atoms with Crippen molar-refractivity contribution in [2.45, 2.75) is 32.7 Å². The fourth-order valence-corrected chi connectivity index (χ4v) is 4.00. The van der Waals surface area contributed by atoms with Gasteiger partial charge in [-0.25, -0.2) is 4.39 Å². The molecule has 154 valence electrons. The zero-order chi connectivity index (χ0) is 21.3. The predicted octanol–water partition coefficient (Wildman–Crippen LogP) is 4.03. The number of nitrogens with one attached hydrogen (secondary N) is 1. The Balaban J connectivity index is 1.45. The summed E-state index contributed by atoms with van der Waals surface area (Å²) in [6, 6.07) is 13.6. The van der Waals surface area contributed by atoms with Crippen molar-refractivity contribution >= 4 is 22.7 Å². The molecule has 1 aromatic heterocycles. The number of likely N-dealkylation sites (tertiary alicyclic amines) is 1. The van der Waals surface area contributed by atoms with E-state index in [2.05, 4.69) is 10.3 Å². The Morgan fingerprint density at radius 2 is 1.77 bits per heavy atom. The molecule has 0 bridgehead atoms. The van der Waals surface area contributed by atoms with Crippen LogP contribution in [0.1, 0.15) is 44.8 Å². The largest absolute Gasteiger partial charge is 0.349 e. The summed E-state index contributed by atoms with van der Waals surface area (Å²) < 4.78 is 13.6. The van der Waals surface area contributed by atoms with Gasteiger partial charge in [0.2, 0.25) is 0 Å². The summed E-state index contributed by atoms with van der Waals surface area (Å²) in [5.41, 5.74) is 3.33. The Hall–Kier alpha value is -3.28. The maximum Gasteiger partial charge on any atom is 0.254 e. The summed E-state index contributed by atoms with van der Waals surface area (Å²) in [4.78, 5) is 31.9. The van der Waals surface area contributed by atoms with Crippen LogP contribution < -0.4 is 5.32 Å². The zero-order valence-corrected chi connectivity index (χ0v) is 17.1. The van der Waals surface area contributed by atoms with Gasteiger partial charge in [0.25, 0.3) is 11.8 Å². The van der Waals surface area contributed by atoms with E-state index in [9.17, 15) is 14.0 Å². The summed E-state index contributed by atoms with van der Waals surface area (Å²) in [6.45, 7) is 4.83. The molecule has 1 saturated heterocycles. The highest BCUT2D eigenvalue weighted by molar-refractivity contribution is 6.06. The van der Waals surface area contributed by atoms with Crippen LogP contribution in [-0.4, -0.2) is 40.8 Å². The highest BCUT2D eigenvalue weighted by atomic mass is 19.1. The van der Waals surface area contributed by atoms with Crippen LogP contribution in [0.2, 0.25) is 0 Å². The minimum Gasteiger partial charge on any atom is -0.349 e. The second kappa shape index (κ2) is 8.22. The second-order valence-electron chi connectivity index (χ2n) is 7.83. The van der Waals surface area contributed by atoms with Gasteiger partial charge in [-0.05, 0) is 56.5 Å². The number of aryl methyl sites for hydroxylation is 2. The molecule has 2 heterocycles. The van der Waals surface area contributed by atoms with E-state index in [0.29, 0.717) is 53.7 Å². The van der Waals surface area contributed by atoms with Gasteiger partial charge in [0.1, 0.15) is 5.82 Å². The molecule has 0 radical (unpaired) electrons. The first-order valence-electron chi connectivity index (χ1n) is 10.1. The minimum absolute atomic E-state index is 0.0335. The van der Waals surface area contributed by atoms with Gasteiger partial charge in [-0.15, -0.1) is 0 Å². The van der Waals surface area contributed by atoms with E-state index in [-0.39, 0.29) is 23.7 Å². The molecule has 4 rings (SSSR count). The lowest BCUT2D eigenvalue weighted by atomic mass is 10.0. The summed E-state index contributed by atoms with van der Waals surface area (Å²) >= 11 is 0. The Labute approximate surface area is 174 Å². The molecule has 6 heteroatoms. The number of hydrogen-bond acceptors (Lipinski definition) is 3. The Kier molecular flexibility index (Phi) is 5.48. The molecule has 1 aliphatic rings. The molecule has 2 amide bonds. The van der Waals surface area contributed by atoms with Crippen LogP contribution >= 0.6 is 0 Å². The van der Waals surface area contributed by atoms with E-state index in [4.69, 9.17) is 0 Å². The van der Waals surface area contributed by atoms with Gasteiger partial charge >= 0.3 is 0 Å². The van der Waals surface area contributed by atoms with Gasteiger partial charge in [0.15, 0.2) is 0 Å². The van der Waals surface area contributed by atoms with E-state index in [0.717, 1.165) is 5.56 Å². The summed E-state index contributed by atoms with van der Waals surface area (Å²) in [5.74, 6) is -0.527. The molecular weight excluding hydrogens is 381 g/mol. The molecule has 1 N–H and O–H groups in total. The zero-order valence-electron chi connectivity index (χ0n) is 17.1. The molecule has 1 fully saturated rings. The number of rotatable bonds is 3. The average Bonchev–Trinajstić information content (AvgIpc) is 2.73. The van der Waals surface area contributed by atoms with E-state index < -0.39 is 0 Å². The summed E-state index contributed by atoms with van der Waals surface area (Å²) in [6.07, 6.45) is 1.39. The van der Waals surface area contributed by atoms with Crippen molar-refractivity contribution in [2.24, 2.45) is 0 Å². The highest BCUT2D eigenvalue weighted by Gasteiger charge is 2.26. The summed E-state index contributed by atoms with van der Waals surface area (Å²) in [5, 5.41) is 3.75. The number of nitrogens with zero attached hydrogens (tertiary/aromatic N) is 2. The average molecular weight is 405 g/mol. The lowest BCUT2D eigenvalue weighted by Crippen LogP contribution is -2.46. The second-order valence-corrected chi connectivity index (χ2v) is 7.83. The number of amides is 2. The predicted molar refractivity (Wildman–Crippen MR) is 114 cm³/mol. The molecule has 0 saturated carbocycles. The molecule has 0 aliphatic carbocycles. The molecular formula is C24H24FN3O2. The number of pyridine rings is 1. The Morgan fingerprint density at radius 1 is 1.03 bits per heavy atom. The number of hydrogen-bond donors (Lipinski definition) is 1. The van der Waals surface area contributed by atoms with Gasteiger partial charge in [0.05, 0.1) is 11.1 Å². The molecule has 1 aliphatic heterocycles. The van der Waals surface area contributed by atoms with E-state index in [1.807, 2.05) is 31.2 Å². The first-order chi connectivity index (χ1) is 14.4. The van der Waals surface area contributed by atoms with Gasteiger partial charge in [-0.2, -0.15) is 0 Å². The lowest BCUT2D eigenvalue weighted by Gasteiger charge is -2.32. The van der Waals surface area contributed by atoms with Gasteiger partial charge in [-0.1, -0.05) is 18.2 Å². The number of carbonyl (C=O) groups is 2. The van der Waals surface area contributed by atoms with Gasteiger partial charge < -0.3 is 10.2 Å². The van der Waals surface area contributed by atoms with Crippen molar-refractivity contribution in [3.8, 4) is 0 Å². The van der Waals surface area contributed by atoms with Crippen molar-refractivity contribution in [1.29, 1.82) is 0 Å². The standard InChI is InChI=1S/C24H24FN3O2/c1-15-5-3-4-6-19(15)23(29)27-18-9-11-28(12-10-18)24(30)21-13-16(2)26-22-14-17(25)7-8-20(21)22/h3-8,13-14,18H,9-12H2,1-2H3,(H,27,29). The normalized spacial score (nSPS) is 14.7. The lowest BCUT2D eigenvalue weighted by molar-refractivity contribution is 0.0699. The summed E-state index contributed by atoms with van der Waals surface area (Å²) in [7, 11) is 0. The number of carbonyl (C=O) groups excluding carboxylic acids is 2.